The number of hydrogen-bond acceptors (Lipinski definition) is 4. The minimum atomic E-state index is -4.56. The molecule has 0 fully saturated rings. The Hall–Kier alpha value is -2.65. The van der Waals surface area contributed by atoms with E-state index in [4.69, 9.17) is 0 Å². The molecule has 2 rings (SSSR count). The predicted molar refractivity (Wildman–Crippen MR) is 89.6 cm³/mol. The van der Waals surface area contributed by atoms with Gasteiger partial charge in [-0.25, -0.2) is 14.8 Å². The molecular weight excluding hydrogens is 349 g/mol. The van der Waals surface area contributed by atoms with Crippen molar-refractivity contribution in [2.24, 2.45) is 0 Å². The molecule has 0 bridgehead atoms. The highest BCUT2D eigenvalue weighted by Crippen LogP contribution is 2.27. The molecular formula is C16H21F3N6O. The van der Waals surface area contributed by atoms with E-state index in [0.29, 0.717) is 11.4 Å². The lowest BCUT2D eigenvalue weighted by molar-refractivity contribution is -0.141. The van der Waals surface area contributed by atoms with Crippen molar-refractivity contribution in [1.29, 1.82) is 0 Å². The summed E-state index contributed by atoms with van der Waals surface area (Å²) in [5, 5.41) is 9.49. The molecule has 2 aromatic rings. The molecule has 0 unspecified atom stereocenters. The number of nitrogens with one attached hydrogen (secondary N) is 2. The Morgan fingerprint density at radius 2 is 1.92 bits per heavy atom. The largest absolute Gasteiger partial charge is 0.433 e. The highest BCUT2D eigenvalue weighted by Gasteiger charge is 2.33. The highest BCUT2D eigenvalue weighted by atomic mass is 19.4. The summed E-state index contributed by atoms with van der Waals surface area (Å²) in [5.41, 5.74) is 1.20. The maximum absolute atomic E-state index is 12.8. The molecule has 0 atom stereocenters. The van der Waals surface area contributed by atoms with Crippen LogP contribution in [0.25, 0.3) is 0 Å². The number of aromatic nitrogens is 4. The van der Waals surface area contributed by atoms with E-state index >= 15 is 0 Å². The first kappa shape index (κ1) is 19.7. The number of amides is 2. The Morgan fingerprint density at radius 3 is 2.54 bits per heavy atom. The van der Waals surface area contributed by atoms with Gasteiger partial charge in [0.15, 0.2) is 0 Å². The molecule has 0 spiro atoms. The molecule has 0 aliphatic rings. The molecule has 26 heavy (non-hydrogen) atoms. The highest BCUT2D eigenvalue weighted by molar-refractivity contribution is 5.90. The van der Waals surface area contributed by atoms with Crippen LogP contribution >= 0.6 is 0 Å². The predicted octanol–water partition coefficient (Wildman–Crippen LogP) is 3.35. The van der Waals surface area contributed by atoms with Gasteiger partial charge in [-0.05, 0) is 33.3 Å². The van der Waals surface area contributed by atoms with Crippen molar-refractivity contribution in [3.8, 4) is 0 Å². The van der Waals surface area contributed by atoms with E-state index in [0.717, 1.165) is 24.7 Å². The lowest BCUT2D eigenvalue weighted by atomic mass is 10.3. The average Bonchev–Trinajstić information content (AvgIpc) is 2.80. The standard InChI is InChI=1S/C16H21F3N6O/c1-5-6-25-11(4)14(10(3)24-25)23-15(26)20-8-13-21-9(2)7-12(22-13)16(17,18)19/h7H,5-6,8H2,1-4H3,(H2,20,23,26). The number of anilines is 1. The summed E-state index contributed by atoms with van der Waals surface area (Å²) in [6.45, 7) is 7.58. The third kappa shape index (κ3) is 4.70. The minimum Gasteiger partial charge on any atom is -0.331 e. The Morgan fingerprint density at radius 1 is 1.23 bits per heavy atom. The van der Waals surface area contributed by atoms with E-state index in [1.165, 1.54) is 6.92 Å². The fourth-order valence-corrected chi connectivity index (χ4v) is 2.48. The Bertz CT molecular complexity index is 800. The molecule has 2 amide bonds. The SMILES string of the molecule is CCCn1nc(C)c(NC(=O)NCc2nc(C)cc(C(F)(F)F)n2)c1C. The summed E-state index contributed by atoms with van der Waals surface area (Å²) in [6.07, 6.45) is -3.66. The second-order valence-electron chi connectivity index (χ2n) is 5.89. The van der Waals surface area contributed by atoms with Gasteiger partial charge in [0.25, 0.3) is 0 Å². The van der Waals surface area contributed by atoms with Gasteiger partial charge in [-0.3, -0.25) is 4.68 Å². The van der Waals surface area contributed by atoms with Gasteiger partial charge in [0, 0.05) is 12.2 Å². The zero-order valence-corrected chi connectivity index (χ0v) is 15.0. The first-order valence-electron chi connectivity index (χ1n) is 8.12. The van der Waals surface area contributed by atoms with Crippen LogP contribution in [0.4, 0.5) is 23.7 Å². The molecule has 0 saturated carbocycles. The number of alkyl halides is 3. The van der Waals surface area contributed by atoms with Gasteiger partial charge < -0.3 is 10.6 Å². The average molecular weight is 370 g/mol. The first-order chi connectivity index (χ1) is 12.1. The fraction of sp³-hybridized carbons (Fsp3) is 0.500. The molecule has 142 valence electrons. The van der Waals surface area contributed by atoms with Gasteiger partial charge in [0.2, 0.25) is 0 Å². The number of aryl methyl sites for hydroxylation is 3. The summed E-state index contributed by atoms with van der Waals surface area (Å²) in [6, 6.07) is 0.296. The number of hydrogen-bond donors (Lipinski definition) is 2. The van der Waals surface area contributed by atoms with Crippen molar-refractivity contribution in [2.45, 2.75) is 53.4 Å². The zero-order chi connectivity index (χ0) is 19.5. The van der Waals surface area contributed by atoms with Crippen LogP contribution in [0.5, 0.6) is 0 Å². The zero-order valence-electron chi connectivity index (χ0n) is 15.0. The van der Waals surface area contributed by atoms with Crippen LogP contribution < -0.4 is 10.6 Å². The number of urea groups is 1. The van der Waals surface area contributed by atoms with Crippen molar-refractivity contribution in [1.82, 2.24) is 25.1 Å². The van der Waals surface area contributed by atoms with Gasteiger partial charge in [-0.2, -0.15) is 18.3 Å². The van der Waals surface area contributed by atoms with Crippen LogP contribution in [0.15, 0.2) is 6.07 Å². The van der Waals surface area contributed by atoms with Crippen molar-refractivity contribution in [2.75, 3.05) is 5.32 Å². The van der Waals surface area contributed by atoms with Crippen molar-refractivity contribution in [3.05, 3.63) is 34.7 Å². The third-order valence-electron chi connectivity index (χ3n) is 3.65. The molecule has 0 saturated heterocycles. The quantitative estimate of drug-likeness (QED) is 0.845. The summed E-state index contributed by atoms with van der Waals surface area (Å²) in [4.78, 5) is 19.5. The first-order valence-corrected chi connectivity index (χ1v) is 8.12. The van der Waals surface area contributed by atoms with Crippen LogP contribution in [0.3, 0.4) is 0 Å². The molecule has 0 aromatic carbocycles. The Balaban J connectivity index is 2.05. The van der Waals surface area contributed by atoms with E-state index < -0.39 is 17.9 Å². The summed E-state index contributed by atoms with van der Waals surface area (Å²) in [5.74, 6) is -0.109. The van der Waals surface area contributed by atoms with Crippen LogP contribution in [-0.2, 0) is 19.3 Å². The molecule has 0 radical (unpaired) electrons. The van der Waals surface area contributed by atoms with Crippen LogP contribution in [0.2, 0.25) is 0 Å². The van der Waals surface area contributed by atoms with Crippen molar-refractivity contribution in [3.63, 3.8) is 0 Å². The number of nitrogens with zero attached hydrogens (tertiary/aromatic N) is 4. The number of carbonyl (C=O) groups excluding carboxylic acids is 1. The van der Waals surface area contributed by atoms with Crippen LogP contribution in [0.1, 0.15) is 41.9 Å². The fourth-order valence-electron chi connectivity index (χ4n) is 2.48. The lowest BCUT2D eigenvalue weighted by Gasteiger charge is -2.10. The maximum atomic E-state index is 12.8. The molecule has 7 nitrogen and oxygen atoms in total. The van der Waals surface area contributed by atoms with E-state index in [9.17, 15) is 18.0 Å². The third-order valence-corrected chi connectivity index (χ3v) is 3.65. The second kappa shape index (κ2) is 7.71. The van der Waals surface area contributed by atoms with E-state index in [1.54, 1.807) is 11.6 Å². The number of halogens is 3. The Kier molecular flexibility index (Phi) is 5.83. The molecule has 10 heteroatoms. The maximum Gasteiger partial charge on any atom is 0.433 e. The van der Waals surface area contributed by atoms with Gasteiger partial charge in [-0.15, -0.1) is 0 Å². The van der Waals surface area contributed by atoms with E-state index in [1.807, 2.05) is 13.8 Å². The van der Waals surface area contributed by atoms with Crippen LogP contribution in [-0.4, -0.2) is 25.8 Å². The van der Waals surface area contributed by atoms with Gasteiger partial charge in [-0.1, -0.05) is 6.92 Å². The number of rotatable bonds is 5. The normalized spacial score (nSPS) is 11.5. The molecule has 2 N–H and O–H groups in total. The molecule has 0 aliphatic heterocycles. The summed E-state index contributed by atoms with van der Waals surface area (Å²) in [7, 11) is 0. The second-order valence-corrected chi connectivity index (χ2v) is 5.89. The molecule has 2 aromatic heterocycles. The lowest BCUT2D eigenvalue weighted by Crippen LogP contribution is -2.29. The minimum absolute atomic E-state index is 0.109. The van der Waals surface area contributed by atoms with Crippen molar-refractivity contribution >= 4 is 11.7 Å². The molecule has 2 heterocycles. The van der Waals surface area contributed by atoms with Crippen LogP contribution in [0, 0.1) is 20.8 Å². The number of carbonyl (C=O) groups is 1. The summed E-state index contributed by atoms with van der Waals surface area (Å²) >= 11 is 0. The van der Waals surface area contributed by atoms with E-state index in [-0.39, 0.29) is 18.1 Å². The smallest absolute Gasteiger partial charge is 0.331 e. The van der Waals surface area contributed by atoms with Crippen molar-refractivity contribution < 1.29 is 18.0 Å². The van der Waals surface area contributed by atoms with Gasteiger partial charge in [0.05, 0.1) is 23.6 Å². The molecule has 0 aliphatic carbocycles. The topological polar surface area (TPSA) is 84.7 Å². The van der Waals surface area contributed by atoms with Gasteiger partial charge >= 0.3 is 12.2 Å². The Labute approximate surface area is 149 Å². The monoisotopic (exact) mass is 370 g/mol. The van der Waals surface area contributed by atoms with Gasteiger partial charge in [0.1, 0.15) is 11.5 Å². The summed E-state index contributed by atoms with van der Waals surface area (Å²) < 4.78 is 40.2. The van der Waals surface area contributed by atoms with E-state index in [2.05, 4.69) is 25.7 Å².